The number of carboxylic acid groups (broad SMARTS) is 1. The third kappa shape index (κ3) is 5.91. The van der Waals surface area contributed by atoms with Gasteiger partial charge in [-0.15, -0.1) is 0 Å². The summed E-state index contributed by atoms with van der Waals surface area (Å²) in [7, 11) is 0. The van der Waals surface area contributed by atoms with Crippen LogP contribution in [-0.4, -0.2) is 63.3 Å². The summed E-state index contributed by atoms with van der Waals surface area (Å²) in [5.41, 5.74) is 0.709. The highest BCUT2D eigenvalue weighted by molar-refractivity contribution is 7.80. The van der Waals surface area contributed by atoms with Crippen molar-refractivity contribution >= 4 is 41.1 Å². The molecule has 2 aromatic rings. The van der Waals surface area contributed by atoms with Crippen molar-refractivity contribution in [2.24, 2.45) is 5.92 Å². The molecule has 1 unspecified atom stereocenters. The van der Waals surface area contributed by atoms with E-state index < -0.39 is 12.1 Å². The number of nitrogens with zero attached hydrogens (tertiary/aromatic N) is 3. The van der Waals surface area contributed by atoms with E-state index in [4.69, 9.17) is 26.8 Å². The fourth-order valence-corrected chi connectivity index (χ4v) is 4.42. The zero-order valence-corrected chi connectivity index (χ0v) is 20.9. The number of aliphatic carboxylic acids is 1. The van der Waals surface area contributed by atoms with Gasteiger partial charge >= 0.3 is 12.1 Å². The molecule has 2 saturated heterocycles. The van der Waals surface area contributed by atoms with Crippen LogP contribution in [-0.2, 0) is 16.0 Å². The Morgan fingerprint density at radius 2 is 1.81 bits per heavy atom. The monoisotopic (exact) mass is 512 g/mol. The standard InChI is InChI=1S/C25H28N4O6S/c1-15(2)22-23(32)29(24(36)27-22)20-8-7-19(14-26-20)35-25(33)28-11-9-18(10-12-28)34-17-5-3-16(4-6-17)13-21(30)31/h3-8,14-15,18,22H,9-13H2,1-2H3,(H,27,36)(H,30,31). The number of nitrogens with one attached hydrogen (secondary N) is 1. The summed E-state index contributed by atoms with van der Waals surface area (Å²) in [6.07, 6.45) is 2.12. The second-order valence-electron chi connectivity index (χ2n) is 9.08. The Hall–Kier alpha value is -3.73. The van der Waals surface area contributed by atoms with Crippen molar-refractivity contribution in [3.63, 3.8) is 0 Å². The zero-order valence-electron chi connectivity index (χ0n) is 20.0. The average molecular weight is 513 g/mol. The van der Waals surface area contributed by atoms with Gasteiger partial charge in [-0.1, -0.05) is 26.0 Å². The van der Waals surface area contributed by atoms with Gasteiger partial charge in [0.15, 0.2) is 10.9 Å². The number of carbonyl (C=O) groups is 3. The molecule has 0 spiro atoms. The summed E-state index contributed by atoms with van der Waals surface area (Å²) in [4.78, 5) is 43.3. The number of amides is 2. The summed E-state index contributed by atoms with van der Waals surface area (Å²) in [5.74, 6) is 0.358. The van der Waals surface area contributed by atoms with Crippen LogP contribution in [0, 0.1) is 5.92 Å². The number of anilines is 1. The average Bonchev–Trinajstić information content (AvgIpc) is 3.15. The van der Waals surface area contributed by atoms with Crippen LogP contribution in [0.1, 0.15) is 32.3 Å². The van der Waals surface area contributed by atoms with Gasteiger partial charge in [0.05, 0.1) is 12.6 Å². The molecule has 1 aromatic carbocycles. The number of rotatable bonds is 7. The van der Waals surface area contributed by atoms with Crippen molar-refractivity contribution in [3.05, 3.63) is 48.2 Å². The molecule has 0 saturated carbocycles. The molecule has 10 nitrogen and oxygen atoms in total. The molecule has 1 atom stereocenters. The molecule has 1 aromatic heterocycles. The Morgan fingerprint density at radius 1 is 1.14 bits per heavy atom. The lowest BCUT2D eigenvalue weighted by Crippen LogP contribution is -2.43. The predicted octanol–water partition coefficient (Wildman–Crippen LogP) is 3.00. The van der Waals surface area contributed by atoms with Crippen LogP contribution in [0.15, 0.2) is 42.6 Å². The maximum absolute atomic E-state index is 12.6. The fraction of sp³-hybridized carbons (Fsp3) is 0.400. The second kappa shape index (κ2) is 10.9. The van der Waals surface area contributed by atoms with E-state index in [1.54, 1.807) is 41.3 Å². The van der Waals surface area contributed by atoms with Crippen LogP contribution in [0.4, 0.5) is 10.6 Å². The smallest absolute Gasteiger partial charge is 0.415 e. The Morgan fingerprint density at radius 3 is 2.36 bits per heavy atom. The van der Waals surface area contributed by atoms with Gasteiger partial charge in [0.25, 0.3) is 5.91 Å². The third-order valence-corrected chi connectivity index (χ3v) is 6.37. The molecule has 2 aliphatic rings. The molecule has 2 N–H and O–H groups in total. The highest BCUT2D eigenvalue weighted by Gasteiger charge is 2.38. The Balaban J connectivity index is 1.26. The van der Waals surface area contributed by atoms with Gasteiger partial charge in [-0.25, -0.2) is 14.7 Å². The topological polar surface area (TPSA) is 121 Å². The number of aromatic nitrogens is 1. The SMILES string of the molecule is CC(C)C1NC(=S)N(c2ccc(OC(=O)N3CCC(Oc4ccc(CC(=O)O)cc4)CC3)cn2)C1=O. The van der Waals surface area contributed by atoms with Crippen molar-refractivity contribution in [2.45, 2.75) is 45.3 Å². The molecule has 2 fully saturated rings. The van der Waals surface area contributed by atoms with E-state index in [1.807, 2.05) is 13.8 Å². The van der Waals surface area contributed by atoms with Gasteiger partial charge in [-0.2, -0.15) is 0 Å². The van der Waals surface area contributed by atoms with Crippen LogP contribution in [0.3, 0.4) is 0 Å². The number of pyridine rings is 1. The Labute approximate surface area is 214 Å². The molecular formula is C25H28N4O6S. The van der Waals surface area contributed by atoms with Gasteiger partial charge < -0.3 is 24.8 Å². The van der Waals surface area contributed by atoms with E-state index in [1.165, 1.54) is 11.1 Å². The molecule has 0 bridgehead atoms. The van der Waals surface area contributed by atoms with Crippen molar-refractivity contribution in [1.29, 1.82) is 0 Å². The summed E-state index contributed by atoms with van der Waals surface area (Å²) in [6, 6.07) is 9.79. The number of piperidine rings is 1. The summed E-state index contributed by atoms with van der Waals surface area (Å²) in [5, 5.41) is 12.2. The molecule has 36 heavy (non-hydrogen) atoms. The first kappa shape index (κ1) is 25.4. The highest BCUT2D eigenvalue weighted by atomic mass is 32.1. The van der Waals surface area contributed by atoms with E-state index in [2.05, 4.69) is 10.3 Å². The molecule has 4 rings (SSSR count). The lowest BCUT2D eigenvalue weighted by Gasteiger charge is -2.31. The summed E-state index contributed by atoms with van der Waals surface area (Å²) in [6.45, 7) is 4.83. The minimum Gasteiger partial charge on any atom is -0.490 e. The summed E-state index contributed by atoms with van der Waals surface area (Å²) < 4.78 is 11.4. The van der Waals surface area contributed by atoms with E-state index in [9.17, 15) is 14.4 Å². The van der Waals surface area contributed by atoms with Crippen molar-refractivity contribution < 1.29 is 29.0 Å². The van der Waals surface area contributed by atoms with Crippen molar-refractivity contribution in [3.8, 4) is 11.5 Å². The predicted molar refractivity (Wildman–Crippen MR) is 135 cm³/mol. The number of ether oxygens (including phenoxy) is 2. The number of likely N-dealkylation sites (tertiary alicyclic amines) is 1. The second-order valence-corrected chi connectivity index (χ2v) is 9.47. The van der Waals surface area contributed by atoms with Gasteiger partial charge in [0.1, 0.15) is 23.7 Å². The number of thiocarbonyl (C=S) groups is 1. The Bertz CT molecular complexity index is 1130. The van der Waals surface area contributed by atoms with E-state index in [0.717, 1.165) is 0 Å². The quantitative estimate of drug-likeness (QED) is 0.539. The van der Waals surface area contributed by atoms with E-state index in [-0.39, 0.29) is 36.1 Å². The van der Waals surface area contributed by atoms with Gasteiger partial charge in [0, 0.05) is 25.9 Å². The molecule has 11 heteroatoms. The Kier molecular flexibility index (Phi) is 7.68. The third-order valence-electron chi connectivity index (χ3n) is 6.07. The summed E-state index contributed by atoms with van der Waals surface area (Å²) >= 11 is 5.29. The van der Waals surface area contributed by atoms with Gasteiger partial charge in [-0.3, -0.25) is 9.59 Å². The van der Waals surface area contributed by atoms with Gasteiger partial charge in [-0.05, 0) is 48.0 Å². The fourth-order valence-electron chi connectivity index (χ4n) is 4.11. The van der Waals surface area contributed by atoms with Gasteiger partial charge in [0.2, 0.25) is 0 Å². The molecule has 0 radical (unpaired) electrons. The first-order chi connectivity index (χ1) is 17.2. The zero-order chi connectivity index (χ0) is 25.8. The molecule has 3 heterocycles. The van der Waals surface area contributed by atoms with Crippen LogP contribution < -0.4 is 19.7 Å². The number of hydrogen-bond acceptors (Lipinski definition) is 7. The first-order valence-electron chi connectivity index (χ1n) is 11.8. The van der Waals surface area contributed by atoms with E-state index >= 15 is 0 Å². The molecule has 2 amide bonds. The largest absolute Gasteiger partial charge is 0.490 e. The number of carboxylic acids is 1. The molecule has 0 aliphatic carbocycles. The van der Waals surface area contributed by atoms with Crippen LogP contribution in [0.2, 0.25) is 0 Å². The van der Waals surface area contributed by atoms with Crippen LogP contribution in [0.5, 0.6) is 11.5 Å². The lowest BCUT2D eigenvalue weighted by molar-refractivity contribution is -0.136. The minimum absolute atomic E-state index is 0.0291. The molecule has 2 aliphatic heterocycles. The number of hydrogen-bond donors (Lipinski definition) is 2. The maximum atomic E-state index is 12.6. The maximum Gasteiger partial charge on any atom is 0.415 e. The number of benzene rings is 1. The highest BCUT2D eigenvalue weighted by Crippen LogP contribution is 2.24. The van der Waals surface area contributed by atoms with Crippen molar-refractivity contribution in [2.75, 3.05) is 18.0 Å². The van der Waals surface area contributed by atoms with Crippen LogP contribution >= 0.6 is 12.2 Å². The minimum atomic E-state index is -0.877. The van der Waals surface area contributed by atoms with Crippen molar-refractivity contribution in [1.82, 2.24) is 15.2 Å². The lowest BCUT2D eigenvalue weighted by atomic mass is 10.1. The normalized spacial score (nSPS) is 18.4. The number of carbonyl (C=O) groups excluding carboxylic acids is 2. The molecule has 190 valence electrons. The van der Waals surface area contributed by atoms with Crippen LogP contribution in [0.25, 0.3) is 0 Å². The molecular weight excluding hydrogens is 484 g/mol. The first-order valence-corrected chi connectivity index (χ1v) is 12.2. The van der Waals surface area contributed by atoms with E-state index in [0.29, 0.717) is 48.2 Å².